The molecule has 0 spiro atoms. The summed E-state index contributed by atoms with van der Waals surface area (Å²) in [5.41, 5.74) is 6.16. The predicted molar refractivity (Wildman–Crippen MR) is 70.3 cm³/mol. The fourth-order valence-corrected chi connectivity index (χ4v) is 3.61. The molecular weight excluding hydrogens is 208 g/mol. The van der Waals surface area contributed by atoms with Gasteiger partial charge in [-0.2, -0.15) is 0 Å². The lowest BCUT2D eigenvalue weighted by Crippen LogP contribution is -2.37. The van der Waals surface area contributed by atoms with Crippen LogP contribution in [0.5, 0.6) is 0 Å². The number of benzene rings is 1. The van der Waals surface area contributed by atoms with E-state index in [9.17, 15) is 0 Å². The Morgan fingerprint density at radius 2 is 2.18 bits per heavy atom. The molecule has 1 unspecified atom stereocenters. The predicted octanol–water partition coefficient (Wildman–Crippen LogP) is 3.90. The molecular formula is C16H22O. The molecule has 1 heterocycles. The highest BCUT2D eigenvalue weighted by Gasteiger charge is 2.39. The first-order chi connectivity index (χ1) is 8.14. The quantitative estimate of drug-likeness (QED) is 0.711. The zero-order valence-corrected chi connectivity index (χ0v) is 11.2. The summed E-state index contributed by atoms with van der Waals surface area (Å²) in [5, 5.41) is 0. The smallest absolute Gasteiger partial charge is 0.0910 e. The summed E-state index contributed by atoms with van der Waals surface area (Å²) in [4.78, 5) is 0. The Morgan fingerprint density at radius 3 is 2.94 bits per heavy atom. The van der Waals surface area contributed by atoms with E-state index in [2.05, 4.69) is 32.9 Å². The van der Waals surface area contributed by atoms with Crippen LogP contribution in [0.2, 0.25) is 0 Å². The van der Waals surface area contributed by atoms with Gasteiger partial charge in [-0.05, 0) is 68.2 Å². The summed E-state index contributed by atoms with van der Waals surface area (Å²) in [7, 11) is 0. The van der Waals surface area contributed by atoms with E-state index in [4.69, 9.17) is 4.74 Å². The largest absolute Gasteiger partial charge is 0.367 e. The number of ether oxygens (including phenoxy) is 1. The van der Waals surface area contributed by atoms with Crippen molar-refractivity contribution >= 4 is 0 Å². The molecule has 2 atom stereocenters. The molecule has 1 aromatic rings. The molecule has 0 N–H and O–H groups in total. The van der Waals surface area contributed by atoms with Crippen LogP contribution in [0, 0.1) is 6.92 Å². The van der Waals surface area contributed by atoms with E-state index in [0.29, 0.717) is 6.10 Å². The summed E-state index contributed by atoms with van der Waals surface area (Å²) in [6, 6.07) is 4.60. The van der Waals surface area contributed by atoms with Gasteiger partial charge in [-0.25, -0.2) is 0 Å². The Bertz CT molecular complexity index is 449. The van der Waals surface area contributed by atoms with Gasteiger partial charge in [-0.1, -0.05) is 19.1 Å². The summed E-state index contributed by atoms with van der Waals surface area (Å²) in [6.07, 6.45) is 6.34. The van der Waals surface area contributed by atoms with Crippen LogP contribution in [0.3, 0.4) is 0 Å². The van der Waals surface area contributed by atoms with Crippen LogP contribution in [-0.4, -0.2) is 6.10 Å². The molecule has 1 aliphatic heterocycles. The number of aryl methyl sites for hydroxylation is 1. The molecule has 0 amide bonds. The maximum Gasteiger partial charge on any atom is 0.0910 e. The average Bonchev–Trinajstić information content (AvgIpc) is 2.37. The van der Waals surface area contributed by atoms with E-state index in [1.54, 1.807) is 11.1 Å². The Hall–Kier alpha value is -0.820. The first kappa shape index (κ1) is 11.3. The van der Waals surface area contributed by atoms with Gasteiger partial charge < -0.3 is 4.74 Å². The zero-order valence-electron chi connectivity index (χ0n) is 11.2. The van der Waals surface area contributed by atoms with E-state index >= 15 is 0 Å². The van der Waals surface area contributed by atoms with Gasteiger partial charge in [0.1, 0.15) is 0 Å². The molecule has 4 bridgehead atoms. The van der Waals surface area contributed by atoms with Gasteiger partial charge in [0.25, 0.3) is 0 Å². The van der Waals surface area contributed by atoms with Crippen molar-refractivity contribution in [3.63, 3.8) is 0 Å². The maximum absolute atomic E-state index is 6.36. The van der Waals surface area contributed by atoms with Crippen molar-refractivity contribution in [2.45, 2.75) is 64.6 Å². The Morgan fingerprint density at radius 1 is 1.35 bits per heavy atom. The molecule has 1 aromatic carbocycles. The van der Waals surface area contributed by atoms with Gasteiger partial charge >= 0.3 is 0 Å². The summed E-state index contributed by atoms with van der Waals surface area (Å²) in [6.45, 7) is 6.79. The van der Waals surface area contributed by atoms with Crippen molar-refractivity contribution in [2.24, 2.45) is 0 Å². The molecule has 1 nitrogen and oxygen atoms in total. The minimum Gasteiger partial charge on any atom is -0.367 e. The van der Waals surface area contributed by atoms with Crippen LogP contribution < -0.4 is 0 Å². The Kier molecular flexibility index (Phi) is 2.55. The highest BCUT2D eigenvalue weighted by Crippen LogP contribution is 2.44. The maximum atomic E-state index is 6.36. The second-order valence-electron chi connectivity index (χ2n) is 5.82. The van der Waals surface area contributed by atoms with Crippen molar-refractivity contribution in [2.75, 3.05) is 0 Å². The molecule has 92 valence electrons. The van der Waals surface area contributed by atoms with Gasteiger partial charge in [0.15, 0.2) is 0 Å². The third-order valence-corrected chi connectivity index (χ3v) is 4.63. The second kappa shape index (κ2) is 3.84. The zero-order chi connectivity index (χ0) is 12.0. The molecule has 1 heteroatoms. The molecule has 2 aliphatic rings. The summed E-state index contributed by atoms with van der Waals surface area (Å²) < 4.78 is 6.36. The monoisotopic (exact) mass is 230 g/mol. The van der Waals surface area contributed by atoms with Gasteiger partial charge in [-0.3, -0.25) is 0 Å². The van der Waals surface area contributed by atoms with Crippen molar-refractivity contribution < 1.29 is 4.74 Å². The Labute approximate surface area is 104 Å². The first-order valence-corrected chi connectivity index (χ1v) is 6.93. The van der Waals surface area contributed by atoms with Crippen LogP contribution >= 0.6 is 0 Å². The van der Waals surface area contributed by atoms with Crippen LogP contribution in [-0.2, 0) is 23.2 Å². The Balaban J connectivity index is 2.20. The van der Waals surface area contributed by atoms with Crippen LogP contribution in [0.15, 0.2) is 12.1 Å². The molecule has 0 aromatic heterocycles. The number of rotatable bonds is 1. The minimum absolute atomic E-state index is 0.0206. The fourth-order valence-electron chi connectivity index (χ4n) is 3.61. The van der Waals surface area contributed by atoms with Gasteiger partial charge in [0, 0.05) is 0 Å². The average molecular weight is 230 g/mol. The van der Waals surface area contributed by atoms with Gasteiger partial charge in [0.05, 0.1) is 11.7 Å². The molecule has 0 saturated carbocycles. The van der Waals surface area contributed by atoms with E-state index in [0.717, 1.165) is 12.8 Å². The first-order valence-electron chi connectivity index (χ1n) is 6.93. The van der Waals surface area contributed by atoms with Crippen molar-refractivity contribution in [3.05, 3.63) is 34.4 Å². The lowest BCUT2D eigenvalue weighted by atomic mass is 9.82. The van der Waals surface area contributed by atoms with Crippen molar-refractivity contribution in [3.8, 4) is 0 Å². The van der Waals surface area contributed by atoms with Crippen molar-refractivity contribution in [1.29, 1.82) is 0 Å². The molecule has 0 saturated heterocycles. The van der Waals surface area contributed by atoms with Crippen LogP contribution in [0.4, 0.5) is 0 Å². The third kappa shape index (κ3) is 1.63. The van der Waals surface area contributed by atoms with E-state index in [1.165, 1.54) is 30.4 Å². The molecule has 17 heavy (non-hydrogen) atoms. The molecule has 3 rings (SSSR count). The summed E-state index contributed by atoms with van der Waals surface area (Å²) in [5.74, 6) is 0. The number of hydrogen-bond acceptors (Lipinski definition) is 1. The highest BCUT2D eigenvalue weighted by atomic mass is 16.5. The SMILES string of the molecule is CCC1Cc2c3ccc(C)c2CCC[C@]3(C)O1. The van der Waals surface area contributed by atoms with Gasteiger partial charge in [0.2, 0.25) is 0 Å². The van der Waals surface area contributed by atoms with Crippen molar-refractivity contribution in [1.82, 2.24) is 0 Å². The topological polar surface area (TPSA) is 9.23 Å². The van der Waals surface area contributed by atoms with Crippen LogP contribution in [0.1, 0.15) is 55.4 Å². The molecule has 0 radical (unpaired) electrons. The summed E-state index contributed by atoms with van der Waals surface area (Å²) >= 11 is 0. The normalized spacial score (nSPS) is 31.1. The van der Waals surface area contributed by atoms with Gasteiger partial charge in [-0.15, -0.1) is 0 Å². The standard InChI is InChI=1S/C16H22O/c1-4-12-10-14-13-6-5-9-16(3,17-12)15(14)8-7-11(13)2/h7-8,12H,4-6,9-10H2,1-3H3/t12?,16-/m0/s1. The molecule has 1 aliphatic carbocycles. The van der Waals surface area contributed by atoms with E-state index < -0.39 is 0 Å². The highest BCUT2D eigenvalue weighted by molar-refractivity contribution is 5.46. The molecule has 0 fully saturated rings. The third-order valence-electron chi connectivity index (χ3n) is 4.63. The van der Waals surface area contributed by atoms with E-state index in [-0.39, 0.29) is 5.60 Å². The van der Waals surface area contributed by atoms with E-state index in [1.807, 2.05) is 0 Å². The van der Waals surface area contributed by atoms with Crippen LogP contribution in [0.25, 0.3) is 0 Å². The lowest BCUT2D eigenvalue weighted by molar-refractivity contribution is -0.104. The minimum atomic E-state index is -0.0206. The second-order valence-corrected chi connectivity index (χ2v) is 5.82. The number of hydrogen-bond donors (Lipinski definition) is 0. The fraction of sp³-hybridized carbons (Fsp3) is 0.625. The lowest BCUT2D eigenvalue weighted by Gasteiger charge is -2.40.